The SMILES string of the molecule is COC(=O)c1ccccc1.[B].c1ccc2c3c([nH]c2c1)C1CC2CCCCC2CN1CC3. The van der Waals surface area contributed by atoms with Crippen LogP contribution in [0.5, 0.6) is 0 Å². The second-order valence-corrected chi connectivity index (χ2v) is 9.22. The van der Waals surface area contributed by atoms with Crippen LogP contribution in [-0.2, 0) is 11.2 Å². The molecular weight excluding hydrogens is 395 g/mol. The van der Waals surface area contributed by atoms with Gasteiger partial charge in [0.15, 0.2) is 0 Å². The fourth-order valence-corrected chi connectivity index (χ4v) is 5.97. The largest absolute Gasteiger partial charge is 0.465 e. The lowest BCUT2D eigenvalue weighted by Crippen LogP contribution is -2.46. The summed E-state index contributed by atoms with van der Waals surface area (Å²) in [5.74, 6) is 1.68. The number of aromatic nitrogens is 1. The number of esters is 1. The highest BCUT2D eigenvalue weighted by Gasteiger charge is 2.40. The highest BCUT2D eigenvalue weighted by molar-refractivity contribution is 5.89. The van der Waals surface area contributed by atoms with E-state index in [1.807, 2.05) is 6.07 Å². The molecule has 165 valence electrons. The highest BCUT2D eigenvalue weighted by Crippen LogP contribution is 2.46. The number of nitrogens with zero attached hydrogens (tertiary/aromatic N) is 1. The van der Waals surface area contributed by atoms with E-state index in [0.29, 0.717) is 11.6 Å². The highest BCUT2D eigenvalue weighted by atomic mass is 16.5. The second-order valence-electron chi connectivity index (χ2n) is 9.22. The maximum atomic E-state index is 10.8. The van der Waals surface area contributed by atoms with Crippen LogP contribution in [0.2, 0.25) is 0 Å². The van der Waals surface area contributed by atoms with Crippen LogP contribution in [0.15, 0.2) is 54.6 Å². The summed E-state index contributed by atoms with van der Waals surface area (Å²) in [6.45, 7) is 2.62. The van der Waals surface area contributed by atoms with E-state index in [9.17, 15) is 4.79 Å². The minimum atomic E-state index is -0.291. The maximum Gasteiger partial charge on any atom is 0.337 e. The normalized spacial score (nSPS) is 24.1. The summed E-state index contributed by atoms with van der Waals surface area (Å²) in [5.41, 5.74) is 5.09. The third-order valence-electron chi connectivity index (χ3n) is 7.53. The summed E-state index contributed by atoms with van der Waals surface area (Å²) in [6, 6.07) is 18.4. The molecule has 1 aliphatic carbocycles. The number of nitrogens with one attached hydrogen (secondary N) is 1. The molecule has 3 atom stereocenters. The molecule has 0 amide bonds. The lowest BCUT2D eigenvalue weighted by Gasteiger charge is -2.48. The van der Waals surface area contributed by atoms with Crippen LogP contribution in [0.1, 0.15) is 59.8 Å². The van der Waals surface area contributed by atoms with Gasteiger partial charge >= 0.3 is 5.97 Å². The molecule has 3 aliphatic rings. The van der Waals surface area contributed by atoms with Crippen LogP contribution in [0.4, 0.5) is 0 Å². The topological polar surface area (TPSA) is 45.3 Å². The van der Waals surface area contributed by atoms with Crippen molar-refractivity contribution in [2.45, 2.75) is 44.6 Å². The third-order valence-corrected chi connectivity index (χ3v) is 7.53. The van der Waals surface area contributed by atoms with Crippen LogP contribution >= 0.6 is 0 Å². The fraction of sp³-hybridized carbons (Fsp3) is 0.444. The Labute approximate surface area is 192 Å². The number of ether oxygens (including phenoxy) is 1. The lowest BCUT2D eigenvalue weighted by atomic mass is 9.71. The van der Waals surface area contributed by atoms with Crippen molar-refractivity contribution in [2.75, 3.05) is 20.2 Å². The zero-order valence-electron chi connectivity index (χ0n) is 18.9. The Morgan fingerprint density at radius 3 is 2.50 bits per heavy atom. The van der Waals surface area contributed by atoms with Crippen molar-refractivity contribution < 1.29 is 9.53 Å². The third kappa shape index (κ3) is 4.36. The zero-order valence-corrected chi connectivity index (χ0v) is 18.9. The smallest absolute Gasteiger partial charge is 0.337 e. The summed E-state index contributed by atoms with van der Waals surface area (Å²) in [5, 5.41) is 1.47. The first-order valence-electron chi connectivity index (χ1n) is 11.7. The van der Waals surface area contributed by atoms with Crippen molar-refractivity contribution in [3.63, 3.8) is 0 Å². The molecule has 2 aromatic carbocycles. The van der Waals surface area contributed by atoms with Crippen LogP contribution in [0.25, 0.3) is 10.9 Å². The predicted octanol–water partition coefficient (Wildman–Crippen LogP) is 5.37. The van der Waals surface area contributed by atoms with Crippen LogP contribution in [-0.4, -0.2) is 44.5 Å². The average Bonchev–Trinajstić information content (AvgIpc) is 3.22. The van der Waals surface area contributed by atoms with Crippen molar-refractivity contribution in [1.82, 2.24) is 9.88 Å². The van der Waals surface area contributed by atoms with Gasteiger partial charge in [-0.1, -0.05) is 55.7 Å². The molecule has 1 aromatic heterocycles. The van der Waals surface area contributed by atoms with Gasteiger partial charge in [-0.2, -0.15) is 0 Å². The maximum absolute atomic E-state index is 10.8. The van der Waals surface area contributed by atoms with Gasteiger partial charge in [-0.25, -0.2) is 4.79 Å². The van der Waals surface area contributed by atoms with Gasteiger partial charge in [0, 0.05) is 38.1 Å². The van der Waals surface area contributed by atoms with E-state index in [-0.39, 0.29) is 14.4 Å². The molecule has 3 radical (unpaired) electrons. The Balaban J connectivity index is 0.000000191. The number of piperidine rings is 1. The molecule has 2 aliphatic heterocycles. The van der Waals surface area contributed by atoms with E-state index in [1.165, 1.54) is 69.6 Å². The van der Waals surface area contributed by atoms with Gasteiger partial charge in [0.1, 0.15) is 0 Å². The molecule has 3 unspecified atom stereocenters. The van der Waals surface area contributed by atoms with Crippen LogP contribution in [0.3, 0.4) is 0 Å². The molecular formula is C27H32BN2O2. The second kappa shape index (κ2) is 9.95. The van der Waals surface area contributed by atoms with Gasteiger partial charge in [-0.05, 0) is 54.9 Å². The van der Waals surface area contributed by atoms with Crippen LogP contribution in [0, 0.1) is 11.8 Å². The molecule has 4 nitrogen and oxygen atoms in total. The van der Waals surface area contributed by atoms with E-state index in [1.54, 1.807) is 35.5 Å². The van der Waals surface area contributed by atoms with Gasteiger partial charge in [0.25, 0.3) is 0 Å². The number of carbonyl (C=O) groups excluding carboxylic acids is 1. The Morgan fingerprint density at radius 1 is 1.00 bits per heavy atom. The summed E-state index contributed by atoms with van der Waals surface area (Å²) >= 11 is 0. The van der Waals surface area contributed by atoms with E-state index in [2.05, 4.69) is 38.9 Å². The number of rotatable bonds is 1. The Bertz CT molecular complexity index is 1050. The van der Waals surface area contributed by atoms with Gasteiger partial charge in [0.05, 0.1) is 18.7 Å². The van der Waals surface area contributed by atoms with E-state index >= 15 is 0 Å². The summed E-state index contributed by atoms with van der Waals surface area (Å²) in [4.78, 5) is 17.3. The van der Waals surface area contributed by atoms with Gasteiger partial charge < -0.3 is 9.72 Å². The molecule has 3 heterocycles. The van der Waals surface area contributed by atoms with Crippen molar-refractivity contribution in [3.8, 4) is 0 Å². The first-order valence-corrected chi connectivity index (χ1v) is 11.7. The predicted molar refractivity (Wildman–Crippen MR) is 130 cm³/mol. The van der Waals surface area contributed by atoms with Crippen LogP contribution < -0.4 is 0 Å². The molecule has 0 bridgehead atoms. The van der Waals surface area contributed by atoms with Crippen molar-refractivity contribution in [1.29, 1.82) is 0 Å². The minimum Gasteiger partial charge on any atom is -0.465 e. The quantitative estimate of drug-likeness (QED) is 0.420. The van der Waals surface area contributed by atoms with Gasteiger partial charge in [0.2, 0.25) is 0 Å². The number of H-pyrrole nitrogens is 1. The monoisotopic (exact) mass is 427 g/mol. The number of hydrogen-bond acceptors (Lipinski definition) is 3. The van der Waals surface area contributed by atoms with Gasteiger partial charge in [-0.3, -0.25) is 4.90 Å². The molecule has 0 spiro atoms. The number of carbonyl (C=O) groups is 1. The first-order chi connectivity index (χ1) is 15.2. The number of methoxy groups -OCH3 is 1. The number of aromatic amines is 1. The van der Waals surface area contributed by atoms with Crippen molar-refractivity contribution in [3.05, 3.63) is 71.4 Å². The fourth-order valence-electron chi connectivity index (χ4n) is 5.97. The Hall–Kier alpha value is -2.53. The molecule has 5 heteroatoms. The summed E-state index contributed by atoms with van der Waals surface area (Å²) < 4.78 is 4.50. The number of hydrogen-bond donors (Lipinski definition) is 1. The van der Waals surface area contributed by atoms with Crippen molar-refractivity contribution >= 4 is 25.3 Å². The Morgan fingerprint density at radius 2 is 1.72 bits per heavy atom. The molecule has 1 saturated heterocycles. The minimum absolute atomic E-state index is 0. The van der Waals surface area contributed by atoms with Crippen molar-refractivity contribution in [2.24, 2.45) is 11.8 Å². The lowest BCUT2D eigenvalue weighted by molar-refractivity contribution is 0.0308. The Kier molecular flexibility index (Phi) is 7.05. The first kappa shape index (κ1) is 22.7. The molecule has 1 saturated carbocycles. The summed E-state index contributed by atoms with van der Waals surface area (Å²) in [7, 11) is 1.37. The molecule has 1 N–H and O–H groups in total. The molecule has 3 aromatic rings. The summed E-state index contributed by atoms with van der Waals surface area (Å²) in [6.07, 6.45) is 8.51. The van der Waals surface area contributed by atoms with E-state index in [4.69, 9.17) is 0 Å². The number of benzene rings is 2. The number of para-hydroxylation sites is 1. The van der Waals surface area contributed by atoms with E-state index in [0.717, 1.165) is 11.8 Å². The van der Waals surface area contributed by atoms with Gasteiger partial charge in [-0.15, -0.1) is 0 Å². The molecule has 6 rings (SSSR count). The zero-order chi connectivity index (χ0) is 21.2. The number of fused-ring (bicyclic) bond motifs is 6. The molecule has 2 fully saturated rings. The van der Waals surface area contributed by atoms with E-state index < -0.39 is 0 Å². The molecule has 32 heavy (non-hydrogen) atoms. The standard InChI is InChI=1S/C19H24N2.C8H8O2.B/c1-2-6-14-12-21-10-9-16-15-7-3-4-8-17(15)20-19(16)18(21)11-13(14)5-1;1-10-8(9)7-5-3-2-4-6-7;/h3-4,7-8,13-14,18,20H,1-2,5-6,9-12H2;2-6H,1H3;. The average molecular weight is 427 g/mol.